The van der Waals surface area contributed by atoms with Gasteiger partial charge in [-0.05, 0) is 50.1 Å². The van der Waals surface area contributed by atoms with E-state index in [0.29, 0.717) is 6.04 Å². The Kier molecular flexibility index (Phi) is 4.61. The molecule has 0 radical (unpaired) electrons. The molecule has 1 unspecified atom stereocenters. The third-order valence-corrected chi connectivity index (χ3v) is 3.98. The van der Waals surface area contributed by atoms with Gasteiger partial charge in [0.25, 0.3) is 0 Å². The molecule has 0 spiro atoms. The van der Waals surface area contributed by atoms with E-state index in [-0.39, 0.29) is 0 Å². The zero-order valence-electron chi connectivity index (χ0n) is 13.2. The normalized spacial score (nSPS) is 12.7. The maximum absolute atomic E-state index is 4.45. The van der Waals surface area contributed by atoms with Gasteiger partial charge in [-0.3, -0.25) is 4.68 Å². The lowest BCUT2D eigenvalue weighted by Crippen LogP contribution is -2.24. The van der Waals surface area contributed by atoms with Crippen LogP contribution in [-0.2, 0) is 13.5 Å². The number of hydrogen-bond donors (Lipinski definition) is 1. The summed E-state index contributed by atoms with van der Waals surface area (Å²) in [5.41, 5.74) is 6.49. The molecule has 0 bridgehead atoms. The fourth-order valence-electron chi connectivity index (χ4n) is 2.75. The highest BCUT2D eigenvalue weighted by Crippen LogP contribution is 2.24. The van der Waals surface area contributed by atoms with Crippen molar-refractivity contribution in [2.45, 2.75) is 40.2 Å². The van der Waals surface area contributed by atoms with Crippen LogP contribution in [0.15, 0.2) is 24.3 Å². The quantitative estimate of drug-likeness (QED) is 0.904. The molecule has 0 aliphatic rings. The van der Waals surface area contributed by atoms with Crippen molar-refractivity contribution in [2.75, 3.05) is 6.54 Å². The Morgan fingerprint density at radius 3 is 2.60 bits per heavy atom. The maximum atomic E-state index is 4.45. The van der Waals surface area contributed by atoms with Crippen molar-refractivity contribution in [2.24, 2.45) is 7.05 Å². The molecule has 1 heterocycles. The van der Waals surface area contributed by atoms with Crippen LogP contribution in [0.25, 0.3) is 0 Å². The number of benzene rings is 1. The fraction of sp³-hybridized carbons (Fsp3) is 0.471. The van der Waals surface area contributed by atoms with Crippen LogP contribution in [0, 0.1) is 20.8 Å². The van der Waals surface area contributed by atoms with Gasteiger partial charge >= 0.3 is 0 Å². The van der Waals surface area contributed by atoms with E-state index in [1.807, 2.05) is 18.7 Å². The lowest BCUT2D eigenvalue weighted by molar-refractivity contribution is 0.526. The standard InChI is InChI=1S/C17H25N3/c1-6-18-17(11-15-10-13(3)19-20(15)5)16-9-7-8-12(2)14(16)4/h7-10,17-18H,6,11H2,1-5H3. The van der Waals surface area contributed by atoms with Gasteiger partial charge in [0, 0.05) is 25.2 Å². The van der Waals surface area contributed by atoms with Gasteiger partial charge in [0.1, 0.15) is 0 Å². The first kappa shape index (κ1) is 14.8. The molecule has 0 aliphatic heterocycles. The van der Waals surface area contributed by atoms with Gasteiger partial charge in [0.15, 0.2) is 0 Å². The molecule has 0 aliphatic carbocycles. The lowest BCUT2D eigenvalue weighted by Gasteiger charge is -2.21. The van der Waals surface area contributed by atoms with E-state index in [2.05, 4.69) is 55.5 Å². The molecule has 3 heteroatoms. The Morgan fingerprint density at radius 2 is 2.00 bits per heavy atom. The zero-order chi connectivity index (χ0) is 14.7. The largest absolute Gasteiger partial charge is 0.310 e. The minimum absolute atomic E-state index is 0.342. The van der Waals surface area contributed by atoms with E-state index in [9.17, 15) is 0 Å². The summed E-state index contributed by atoms with van der Waals surface area (Å²) in [5, 5.41) is 8.06. The minimum Gasteiger partial charge on any atom is -0.310 e. The maximum Gasteiger partial charge on any atom is 0.0596 e. The molecule has 0 saturated heterocycles. The molecule has 0 amide bonds. The Hall–Kier alpha value is -1.61. The van der Waals surface area contributed by atoms with Crippen molar-refractivity contribution in [3.8, 4) is 0 Å². The van der Waals surface area contributed by atoms with Gasteiger partial charge in [-0.15, -0.1) is 0 Å². The summed E-state index contributed by atoms with van der Waals surface area (Å²) >= 11 is 0. The first-order valence-electron chi connectivity index (χ1n) is 7.32. The average molecular weight is 271 g/mol. The molecule has 1 aromatic carbocycles. The zero-order valence-corrected chi connectivity index (χ0v) is 13.2. The number of hydrogen-bond acceptors (Lipinski definition) is 2. The number of aryl methyl sites for hydroxylation is 3. The molecule has 0 saturated carbocycles. The second kappa shape index (κ2) is 6.23. The van der Waals surface area contributed by atoms with Crippen molar-refractivity contribution < 1.29 is 0 Å². The number of rotatable bonds is 5. The average Bonchev–Trinajstić information content (AvgIpc) is 2.71. The monoisotopic (exact) mass is 271 g/mol. The van der Waals surface area contributed by atoms with Gasteiger partial charge in [0.05, 0.1) is 5.69 Å². The highest BCUT2D eigenvalue weighted by Gasteiger charge is 2.16. The Bertz CT molecular complexity index is 584. The first-order valence-corrected chi connectivity index (χ1v) is 7.32. The Labute approximate surface area is 122 Å². The summed E-state index contributed by atoms with van der Waals surface area (Å²) in [6, 6.07) is 9.08. The van der Waals surface area contributed by atoms with Gasteiger partial charge in [0.2, 0.25) is 0 Å². The molecule has 1 atom stereocenters. The summed E-state index contributed by atoms with van der Waals surface area (Å²) in [6.45, 7) is 9.56. The summed E-state index contributed by atoms with van der Waals surface area (Å²) in [5.74, 6) is 0. The van der Waals surface area contributed by atoms with E-state index in [1.165, 1.54) is 22.4 Å². The molecule has 3 nitrogen and oxygen atoms in total. The first-order chi connectivity index (χ1) is 9.52. The third kappa shape index (κ3) is 3.10. The molecule has 20 heavy (non-hydrogen) atoms. The molecular formula is C17H25N3. The van der Waals surface area contributed by atoms with E-state index in [4.69, 9.17) is 0 Å². The number of aromatic nitrogens is 2. The van der Waals surface area contributed by atoms with Crippen molar-refractivity contribution in [1.82, 2.24) is 15.1 Å². The van der Waals surface area contributed by atoms with Crippen molar-refractivity contribution >= 4 is 0 Å². The molecule has 1 N–H and O–H groups in total. The van der Waals surface area contributed by atoms with Gasteiger partial charge in [-0.1, -0.05) is 25.1 Å². The summed E-state index contributed by atoms with van der Waals surface area (Å²) < 4.78 is 1.99. The van der Waals surface area contributed by atoms with E-state index < -0.39 is 0 Å². The molecule has 0 fully saturated rings. The number of likely N-dealkylation sites (N-methyl/N-ethyl adjacent to an activating group) is 1. The van der Waals surface area contributed by atoms with Crippen LogP contribution in [-0.4, -0.2) is 16.3 Å². The minimum atomic E-state index is 0.342. The van der Waals surface area contributed by atoms with Crippen molar-refractivity contribution in [3.63, 3.8) is 0 Å². The topological polar surface area (TPSA) is 29.9 Å². The number of nitrogens with zero attached hydrogens (tertiary/aromatic N) is 2. The summed E-state index contributed by atoms with van der Waals surface area (Å²) in [6.07, 6.45) is 0.968. The molecule has 1 aromatic heterocycles. The molecule has 2 aromatic rings. The summed E-state index contributed by atoms with van der Waals surface area (Å²) in [4.78, 5) is 0. The molecule has 2 rings (SSSR count). The van der Waals surface area contributed by atoms with Crippen LogP contribution >= 0.6 is 0 Å². The van der Waals surface area contributed by atoms with Gasteiger partial charge < -0.3 is 5.32 Å². The predicted molar refractivity (Wildman–Crippen MR) is 84.0 cm³/mol. The van der Waals surface area contributed by atoms with Crippen LogP contribution < -0.4 is 5.32 Å². The van der Waals surface area contributed by atoms with E-state index in [1.54, 1.807) is 0 Å². The third-order valence-electron chi connectivity index (χ3n) is 3.98. The van der Waals surface area contributed by atoms with Gasteiger partial charge in [-0.25, -0.2) is 0 Å². The van der Waals surface area contributed by atoms with Crippen LogP contribution in [0.5, 0.6) is 0 Å². The molecule has 108 valence electrons. The SMILES string of the molecule is CCNC(Cc1cc(C)nn1C)c1cccc(C)c1C. The van der Waals surface area contributed by atoms with Crippen LogP contribution in [0.3, 0.4) is 0 Å². The fourth-order valence-corrected chi connectivity index (χ4v) is 2.75. The Morgan fingerprint density at radius 1 is 1.25 bits per heavy atom. The highest BCUT2D eigenvalue weighted by atomic mass is 15.3. The van der Waals surface area contributed by atoms with E-state index in [0.717, 1.165) is 18.7 Å². The van der Waals surface area contributed by atoms with Crippen LogP contribution in [0.1, 0.15) is 41.0 Å². The molecular weight excluding hydrogens is 246 g/mol. The van der Waals surface area contributed by atoms with Crippen molar-refractivity contribution in [1.29, 1.82) is 0 Å². The summed E-state index contributed by atoms with van der Waals surface area (Å²) in [7, 11) is 2.02. The van der Waals surface area contributed by atoms with Crippen molar-refractivity contribution in [3.05, 3.63) is 52.3 Å². The van der Waals surface area contributed by atoms with E-state index >= 15 is 0 Å². The predicted octanol–water partition coefficient (Wildman–Crippen LogP) is 3.24. The van der Waals surface area contributed by atoms with Crippen LogP contribution in [0.4, 0.5) is 0 Å². The Balaban J connectivity index is 2.31. The highest BCUT2D eigenvalue weighted by molar-refractivity contribution is 5.36. The number of nitrogens with one attached hydrogen (secondary N) is 1. The van der Waals surface area contributed by atoms with Crippen LogP contribution in [0.2, 0.25) is 0 Å². The van der Waals surface area contributed by atoms with Gasteiger partial charge in [-0.2, -0.15) is 5.10 Å². The second-order valence-corrected chi connectivity index (χ2v) is 5.50. The smallest absolute Gasteiger partial charge is 0.0596 e. The second-order valence-electron chi connectivity index (χ2n) is 5.50. The lowest BCUT2D eigenvalue weighted by atomic mass is 9.94.